The van der Waals surface area contributed by atoms with Crippen molar-refractivity contribution in [3.63, 3.8) is 0 Å². The van der Waals surface area contributed by atoms with Crippen molar-refractivity contribution in [3.05, 3.63) is 48.0 Å². The van der Waals surface area contributed by atoms with Crippen molar-refractivity contribution < 1.29 is 18.0 Å². The maximum absolute atomic E-state index is 13.0. The van der Waals surface area contributed by atoms with Crippen LogP contribution in [0.4, 0.5) is 11.4 Å². The normalized spacial score (nSPS) is 17.2. The molecule has 3 rings (SSSR count). The molecule has 2 unspecified atom stereocenters. The van der Waals surface area contributed by atoms with E-state index in [2.05, 4.69) is 24.5 Å². The first-order valence-corrected chi connectivity index (χ1v) is 12.3. The van der Waals surface area contributed by atoms with Gasteiger partial charge in [0.25, 0.3) is 0 Å². The summed E-state index contributed by atoms with van der Waals surface area (Å²) < 4.78 is 25.9. The number of hydrogen-bond donors (Lipinski definition) is 2. The molecular formula is C22H26N2O4S2. The smallest absolute Gasteiger partial charge is 0.237 e. The van der Waals surface area contributed by atoms with E-state index in [1.54, 1.807) is 13.0 Å². The van der Waals surface area contributed by atoms with E-state index in [0.29, 0.717) is 17.3 Å². The molecule has 2 atom stereocenters. The molecule has 0 radical (unpaired) electrons. The highest BCUT2D eigenvalue weighted by Gasteiger charge is 2.29. The number of thioether (sulfide) groups is 1. The van der Waals surface area contributed by atoms with Gasteiger partial charge in [-0.25, -0.2) is 8.42 Å². The number of amides is 2. The molecule has 0 spiro atoms. The predicted octanol–water partition coefficient (Wildman–Crippen LogP) is 4.43. The van der Waals surface area contributed by atoms with E-state index >= 15 is 0 Å². The molecule has 0 saturated carbocycles. The standard InChI is InChI=1S/C22H26N2O4S2/c1-13(2)16-5-7-17(8-6-16)23-21(25)11-14(3)30(27,28)18-9-10-20-19(12-18)24-22(26)15(4)29-20/h5-10,12-15H,11H2,1-4H3,(H,23,25)(H,24,26). The van der Waals surface area contributed by atoms with Crippen molar-refractivity contribution in [3.8, 4) is 0 Å². The van der Waals surface area contributed by atoms with Crippen molar-refractivity contribution in [1.29, 1.82) is 0 Å². The fourth-order valence-electron chi connectivity index (χ4n) is 3.13. The van der Waals surface area contributed by atoms with Crippen LogP contribution in [0.5, 0.6) is 0 Å². The van der Waals surface area contributed by atoms with Gasteiger partial charge in [-0.15, -0.1) is 11.8 Å². The summed E-state index contributed by atoms with van der Waals surface area (Å²) >= 11 is 1.39. The van der Waals surface area contributed by atoms with Crippen LogP contribution in [0.25, 0.3) is 0 Å². The molecule has 30 heavy (non-hydrogen) atoms. The number of carbonyl (C=O) groups is 2. The molecule has 2 aromatic carbocycles. The number of fused-ring (bicyclic) bond motifs is 1. The first kappa shape index (κ1) is 22.4. The van der Waals surface area contributed by atoms with E-state index in [1.165, 1.54) is 30.8 Å². The summed E-state index contributed by atoms with van der Waals surface area (Å²) in [6.07, 6.45) is -0.163. The number of sulfone groups is 1. The monoisotopic (exact) mass is 446 g/mol. The van der Waals surface area contributed by atoms with Gasteiger partial charge >= 0.3 is 0 Å². The topological polar surface area (TPSA) is 92.3 Å². The first-order chi connectivity index (χ1) is 14.1. The zero-order valence-electron chi connectivity index (χ0n) is 17.4. The van der Waals surface area contributed by atoms with Crippen LogP contribution in [-0.2, 0) is 19.4 Å². The zero-order valence-corrected chi connectivity index (χ0v) is 19.1. The van der Waals surface area contributed by atoms with Gasteiger partial charge in [0.15, 0.2) is 9.84 Å². The predicted molar refractivity (Wildman–Crippen MR) is 121 cm³/mol. The Kier molecular flexibility index (Phi) is 6.57. The van der Waals surface area contributed by atoms with Crippen LogP contribution < -0.4 is 10.6 Å². The Bertz CT molecular complexity index is 1060. The lowest BCUT2D eigenvalue weighted by Gasteiger charge is -2.22. The zero-order chi connectivity index (χ0) is 22.1. The maximum atomic E-state index is 13.0. The summed E-state index contributed by atoms with van der Waals surface area (Å²) in [5.41, 5.74) is 2.29. The highest BCUT2D eigenvalue weighted by Crippen LogP contribution is 2.37. The van der Waals surface area contributed by atoms with E-state index in [4.69, 9.17) is 0 Å². The third-order valence-electron chi connectivity index (χ3n) is 5.07. The number of benzene rings is 2. The highest BCUT2D eigenvalue weighted by atomic mass is 32.2. The number of carbonyl (C=O) groups excluding carboxylic acids is 2. The SMILES string of the molecule is CC1Sc2ccc(S(=O)(=O)C(C)CC(=O)Nc3ccc(C(C)C)cc3)cc2NC1=O. The van der Waals surface area contributed by atoms with Crippen LogP contribution in [0.15, 0.2) is 52.3 Å². The number of nitrogens with one attached hydrogen (secondary N) is 2. The van der Waals surface area contributed by atoms with Gasteiger partial charge in [0.1, 0.15) is 0 Å². The van der Waals surface area contributed by atoms with Crippen LogP contribution in [0, 0.1) is 0 Å². The van der Waals surface area contributed by atoms with E-state index in [-0.39, 0.29) is 28.4 Å². The second kappa shape index (κ2) is 8.81. The van der Waals surface area contributed by atoms with Crippen molar-refractivity contribution in [2.75, 3.05) is 10.6 Å². The Balaban J connectivity index is 1.69. The second-order valence-corrected chi connectivity index (χ2v) is 11.5. The van der Waals surface area contributed by atoms with Gasteiger partial charge in [-0.3, -0.25) is 9.59 Å². The van der Waals surface area contributed by atoms with Crippen LogP contribution >= 0.6 is 11.8 Å². The third-order valence-corrected chi connectivity index (χ3v) is 8.39. The molecule has 2 aromatic rings. The summed E-state index contributed by atoms with van der Waals surface area (Å²) in [4.78, 5) is 25.2. The van der Waals surface area contributed by atoms with Crippen molar-refractivity contribution in [1.82, 2.24) is 0 Å². The molecule has 160 valence electrons. The van der Waals surface area contributed by atoms with Gasteiger partial charge in [0.05, 0.1) is 21.1 Å². The Morgan fingerprint density at radius 1 is 1.13 bits per heavy atom. The summed E-state index contributed by atoms with van der Waals surface area (Å²) in [5, 5.41) is 4.37. The molecule has 0 aromatic heterocycles. The molecule has 1 aliphatic heterocycles. The van der Waals surface area contributed by atoms with Crippen LogP contribution in [0.2, 0.25) is 0 Å². The maximum Gasteiger partial charge on any atom is 0.237 e. The number of anilines is 2. The van der Waals surface area contributed by atoms with E-state index in [0.717, 1.165) is 10.5 Å². The van der Waals surface area contributed by atoms with E-state index in [9.17, 15) is 18.0 Å². The minimum absolute atomic E-state index is 0.0956. The van der Waals surface area contributed by atoms with Gasteiger partial charge in [-0.05, 0) is 55.7 Å². The Morgan fingerprint density at radius 2 is 1.80 bits per heavy atom. The molecular weight excluding hydrogens is 420 g/mol. The molecule has 2 N–H and O–H groups in total. The van der Waals surface area contributed by atoms with Crippen LogP contribution in [-0.4, -0.2) is 30.7 Å². The molecule has 6 nitrogen and oxygen atoms in total. The molecule has 0 aliphatic carbocycles. The van der Waals surface area contributed by atoms with Crippen LogP contribution in [0.3, 0.4) is 0 Å². The molecule has 0 bridgehead atoms. The van der Waals surface area contributed by atoms with E-state index in [1.807, 2.05) is 24.3 Å². The second-order valence-electron chi connectivity index (χ2n) is 7.79. The van der Waals surface area contributed by atoms with Crippen molar-refractivity contribution in [2.45, 2.75) is 60.3 Å². The summed E-state index contributed by atoms with van der Waals surface area (Å²) in [7, 11) is -3.73. The molecule has 8 heteroatoms. The van der Waals surface area contributed by atoms with Crippen LogP contribution in [0.1, 0.15) is 45.6 Å². The highest BCUT2D eigenvalue weighted by molar-refractivity contribution is 8.01. The van der Waals surface area contributed by atoms with Gasteiger partial charge in [0.2, 0.25) is 11.8 Å². The lowest BCUT2D eigenvalue weighted by Crippen LogP contribution is -2.27. The lowest BCUT2D eigenvalue weighted by atomic mass is 10.0. The fraction of sp³-hybridized carbons (Fsp3) is 0.364. The average molecular weight is 447 g/mol. The van der Waals surface area contributed by atoms with Gasteiger partial charge in [0, 0.05) is 17.0 Å². The molecule has 1 aliphatic rings. The summed E-state index contributed by atoms with van der Waals surface area (Å²) in [6, 6.07) is 12.2. The van der Waals surface area contributed by atoms with Crippen molar-refractivity contribution in [2.24, 2.45) is 0 Å². The first-order valence-electron chi connectivity index (χ1n) is 9.83. The molecule has 1 heterocycles. The van der Waals surface area contributed by atoms with Gasteiger partial charge in [-0.2, -0.15) is 0 Å². The number of rotatable bonds is 6. The lowest BCUT2D eigenvalue weighted by molar-refractivity contribution is -0.116. The summed E-state index contributed by atoms with van der Waals surface area (Å²) in [6.45, 7) is 7.49. The molecule has 0 saturated heterocycles. The number of hydrogen-bond acceptors (Lipinski definition) is 5. The quantitative estimate of drug-likeness (QED) is 0.685. The van der Waals surface area contributed by atoms with E-state index < -0.39 is 15.1 Å². The minimum atomic E-state index is -3.73. The minimum Gasteiger partial charge on any atom is -0.326 e. The molecule has 2 amide bonds. The Morgan fingerprint density at radius 3 is 2.43 bits per heavy atom. The van der Waals surface area contributed by atoms with Gasteiger partial charge in [-0.1, -0.05) is 26.0 Å². The fourth-order valence-corrected chi connectivity index (χ4v) is 5.44. The van der Waals surface area contributed by atoms with Crippen molar-refractivity contribution >= 4 is 44.8 Å². The molecule has 0 fully saturated rings. The Labute approximate surface area is 181 Å². The average Bonchev–Trinajstić information content (AvgIpc) is 2.68. The van der Waals surface area contributed by atoms with Gasteiger partial charge < -0.3 is 10.6 Å². The largest absolute Gasteiger partial charge is 0.326 e. The summed E-state index contributed by atoms with van der Waals surface area (Å²) in [5.74, 6) is -0.125. The third kappa shape index (κ3) is 4.87. The Hall–Kier alpha value is -2.32.